The highest BCUT2D eigenvalue weighted by Crippen LogP contribution is 2.13. The predicted molar refractivity (Wildman–Crippen MR) is 123 cm³/mol. The normalized spacial score (nSPS) is 10.3. The summed E-state index contributed by atoms with van der Waals surface area (Å²) < 4.78 is 5.20. The highest BCUT2D eigenvalue weighted by Gasteiger charge is 2.10. The topological polar surface area (TPSA) is 112 Å². The lowest BCUT2D eigenvalue weighted by Crippen LogP contribution is -2.25. The van der Waals surface area contributed by atoms with Gasteiger partial charge in [-0.1, -0.05) is 19.1 Å². The molecule has 32 heavy (non-hydrogen) atoms. The maximum Gasteiger partial charge on any atom is 0.251 e. The van der Waals surface area contributed by atoms with E-state index in [1.807, 2.05) is 6.92 Å². The molecule has 8 heteroatoms. The number of carbonyl (C=O) groups is 3. The quantitative estimate of drug-likeness (QED) is 0.391. The van der Waals surface area contributed by atoms with Crippen molar-refractivity contribution in [2.24, 2.45) is 0 Å². The van der Waals surface area contributed by atoms with Crippen LogP contribution >= 0.6 is 0 Å². The van der Waals surface area contributed by atoms with Gasteiger partial charge in [0.2, 0.25) is 5.91 Å². The first-order chi connectivity index (χ1) is 15.5. The number of anilines is 2. The molecule has 0 unspecified atom stereocenters. The van der Waals surface area contributed by atoms with E-state index in [2.05, 4.69) is 21.3 Å². The van der Waals surface area contributed by atoms with Crippen LogP contribution in [-0.4, -0.2) is 30.8 Å². The van der Waals surface area contributed by atoms with E-state index in [-0.39, 0.29) is 30.8 Å². The van der Waals surface area contributed by atoms with Gasteiger partial charge in [0.15, 0.2) is 0 Å². The summed E-state index contributed by atoms with van der Waals surface area (Å²) in [6, 6.07) is 17.2. The van der Waals surface area contributed by atoms with Gasteiger partial charge in [-0.25, -0.2) is 0 Å². The Morgan fingerprint density at radius 1 is 0.844 bits per heavy atom. The van der Waals surface area contributed by atoms with E-state index in [1.165, 1.54) is 0 Å². The summed E-state index contributed by atoms with van der Waals surface area (Å²) in [5, 5.41) is 11.4. The molecule has 2 aromatic carbocycles. The summed E-state index contributed by atoms with van der Waals surface area (Å²) in [7, 11) is 0. The van der Waals surface area contributed by atoms with Crippen LogP contribution in [-0.2, 0) is 11.3 Å². The van der Waals surface area contributed by atoms with Crippen LogP contribution in [0, 0.1) is 0 Å². The van der Waals surface area contributed by atoms with Crippen LogP contribution in [0.4, 0.5) is 11.4 Å². The minimum atomic E-state index is -0.279. The summed E-state index contributed by atoms with van der Waals surface area (Å²) in [4.78, 5) is 36.8. The Morgan fingerprint density at radius 2 is 1.53 bits per heavy atom. The molecule has 0 aliphatic rings. The highest BCUT2D eigenvalue weighted by atomic mass is 16.3. The molecule has 0 saturated heterocycles. The molecule has 0 atom stereocenters. The molecule has 4 N–H and O–H groups in total. The molecule has 0 aliphatic heterocycles. The van der Waals surface area contributed by atoms with Crippen molar-refractivity contribution in [2.45, 2.75) is 19.9 Å². The van der Waals surface area contributed by atoms with Gasteiger partial charge in [-0.15, -0.1) is 0 Å². The largest absolute Gasteiger partial charge is 0.467 e. The Labute approximate surface area is 186 Å². The van der Waals surface area contributed by atoms with Gasteiger partial charge in [0, 0.05) is 29.0 Å². The molecule has 0 saturated carbocycles. The van der Waals surface area contributed by atoms with E-state index in [1.54, 1.807) is 66.9 Å². The van der Waals surface area contributed by atoms with Crippen molar-refractivity contribution in [3.8, 4) is 0 Å². The van der Waals surface area contributed by atoms with Crippen LogP contribution in [0.25, 0.3) is 0 Å². The second-order valence-corrected chi connectivity index (χ2v) is 7.08. The summed E-state index contributed by atoms with van der Waals surface area (Å²) in [5.41, 5.74) is 2.12. The van der Waals surface area contributed by atoms with Crippen molar-refractivity contribution in [1.82, 2.24) is 10.6 Å². The average Bonchev–Trinajstić information content (AvgIpc) is 3.34. The van der Waals surface area contributed by atoms with Gasteiger partial charge in [0.1, 0.15) is 5.76 Å². The third kappa shape index (κ3) is 6.73. The second kappa shape index (κ2) is 11.4. The predicted octanol–water partition coefficient (Wildman–Crippen LogP) is 3.40. The fourth-order valence-electron chi connectivity index (χ4n) is 2.92. The molecule has 3 amide bonds. The zero-order valence-electron chi connectivity index (χ0n) is 17.8. The fourth-order valence-corrected chi connectivity index (χ4v) is 2.92. The fraction of sp³-hybridized carbons (Fsp3) is 0.208. The molecule has 1 heterocycles. The summed E-state index contributed by atoms with van der Waals surface area (Å²) >= 11 is 0. The molecule has 3 aromatic rings. The number of benzene rings is 2. The third-order valence-corrected chi connectivity index (χ3v) is 4.53. The summed E-state index contributed by atoms with van der Waals surface area (Å²) in [5.74, 6) is -0.0457. The van der Waals surface area contributed by atoms with Gasteiger partial charge in [0.05, 0.1) is 19.4 Å². The first kappa shape index (κ1) is 22.6. The minimum absolute atomic E-state index is 0.00888. The van der Waals surface area contributed by atoms with Crippen LogP contribution < -0.4 is 21.3 Å². The Bertz CT molecular complexity index is 1060. The molecule has 3 rings (SSSR count). The molecule has 0 spiro atoms. The van der Waals surface area contributed by atoms with E-state index in [9.17, 15) is 14.4 Å². The maximum atomic E-state index is 12.3. The molecule has 0 aliphatic carbocycles. The molecule has 8 nitrogen and oxygen atoms in total. The Morgan fingerprint density at radius 3 is 2.22 bits per heavy atom. The molecular weight excluding hydrogens is 408 g/mol. The van der Waals surface area contributed by atoms with Crippen molar-refractivity contribution in [2.75, 3.05) is 23.7 Å². The lowest BCUT2D eigenvalue weighted by atomic mass is 10.2. The molecule has 0 radical (unpaired) electrons. The smallest absolute Gasteiger partial charge is 0.251 e. The summed E-state index contributed by atoms with van der Waals surface area (Å²) in [6.07, 6.45) is 2.40. The van der Waals surface area contributed by atoms with Gasteiger partial charge in [-0.3, -0.25) is 14.4 Å². The van der Waals surface area contributed by atoms with E-state index >= 15 is 0 Å². The SMILES string of the molecule is CCCNC(=O)c1cccc(NCC(=O)Nc2cccc(C(=O)NCc3ccco3)c2)c1. The van der Waals surface area contributed by atoms with Gasteiger partial charge >= 0.3 is 0 Å². The molecular formula is C24H26N4O4. The number of carbonyl (C=O) groups excluding carboxylic acids is 3. The number of nitrogens with one attached hydrogen (secondary N) is 4. The monoisotopic (exact) mass is 434 g/mol. The maximum absolute atomic E-state index is 12.3. The van der Waals surface area contributed by atoms with Crippen molar-refractivity contribution in [3.05, 3.63) is 83.8 Å². The molecule has 0 bridgehead atoms. The van der Waals surface area contributed by atoms with Crippen molar-refractivity contribution in [1.29, 1.82) is 0 Å². The lowest BCUT2D eigenvalue weighted by Gasteiger charge is -2.10. The summed E-state index contributed by atoms with van der Waals surface area (Å²) in [6.45, 7) is 2.88. The van der Waals surface area contributed by atoms with Crippen molar-refractivity contribution < 1.29 is 18.8 Å². The van der Waals surface area contributed by atoms with Crippen molar-refractivity contribution in [3.63, 3.8) is 0 Å². The number of hydrogen-bond donors (Lipinski definition) is 4. The highest BCUT2D eigenvalue weighted by molar-refractivity contribution is 5.98. The third-order valence-electron chi connectivity index (χ3n) is 4.53. The number of rotatable bonds is 10. The zero-order valence-corrected chi connectivity index (χ0v) is 17.8. The minimum Gasteiger partial charge on any atom is -0.467 e. The average molecular weight is 434 g/mol. The zero-order chi connectivity index (χ0) is 22.8. The van der Waals surface area contributed by atoms with Crippen LogP contribution in [0.2, 0.25) is 0 Å². The van der Waals surface area contributed by atoms with E-state index in [4.69, 9.17) is 4.42 Å². The molecule has 1 aromatic heterocycles. The first-order valence-electron chi connectivity index (χ1n) is 10.4. The van der Waals surface area contributed by atoms with E-state index in [0.717, 1.165) is 6.42 Å². The van der Waals surface area contributed by atoms with Gasteiger partial charge in [-0.2, -0.15) is 0 Å². The van der Waals surface area contributed by atoms with Crippen LogP contribution in [0.3, 0.4) is 0 Å². The Balaban J connectivity index is 1.51. The number of hydrogen-bond acceptors (Lipinski definition) is 5. The Hall–Kier alpha value is -4.07. The van der Waals surface area contributed by atoms with Crippen molar-refractivity contribution >= 4 is 29.1 Å². The number of furan rings is 1. The van der Waals surface area contributed by atoms with E-state index < -0.39 is 0 Å². The van der Waals surface area contributed by atoms with Gasteiger partial charge < -0.3 is 25.7 Å². The van der Waals surface area contributed by atoms with Crippen LogP contribution in [0.5, 0.6) is 0 Å². The standard InChI is InChI=1S/C24H26N4O4/c1-2-11-25-23(30)17-6-3-8-19(13-17)26-16-22(29)28-20-9-4-7-18(14-20)24(31)27-15-21-10-5-12-32-21/h3-10,12-14,26H,2,11,15-16H2,1H3,(H,25,30)(H,27,31)(H,28,29). The van der Waals surface area contributed by atoms with Gasteiger partial charge in [-0.05, 0) is 55.0 Å². The van der Waals surface area contributed by atoms with Gasteiger partial charge in [0.25, 0.3) is 11.8 Å². The molecule has 0 fully saturated rings. The second-order valence-electron chi connectivity index (χ2n) is 7.08. The first-order valence-corrected chi connectivity index (χ1v) is 10.4. The number of amides is 3. The Kier molecular flexibility index (Phi) is 8.02. The molecule has 166 valence electrons. The lowest BCUT2D eigenvalue weighted by molar-refractivity contribution is -0.114. The van der Waals surface area contributed by atoms with Crippen LogP contribution in [0.15, 0.2) is 71.3 Å². The van der Waals surface area contributed by atoms with Crippen LogP contribution in [0.1, 0.15) is 39.8 Å². The van der Waals surface area contributed by atoms with E-state index in [0.29, 0.717) is 34.8 Å².